The van der Waals surface area contributed by atoms with Gasteiger partial charge in [0.15, 0.2) is 0 Å². The van der Waals surface area contributed by atoms with Crippen LogP contribution in [-0.4, -0.2) is 12.1 Å². The third-order valence-corrected chi connectivity index (χ3v) is 5.15. The summed E-state index contributed by atoms with van der Waals surface area (Å²) in [6.07, 6.45) is 7.29. The van der Waals surface area contributed by atoms with Gasteiger partial charge in [0.1, 0.15) is 0 Å². The first-order chi connectivity index (χ1) is 6.85. The zero-order valence-corrected chi connectivity index (χ0v) is 9.50. The first kappa shape index (κ1) is 9.21. The van der Waals surface area contributed by atoms with Crippen LogP contribution in [-0.2, 0) is 0 Å². The zero-order valence-electron chi connectivity index (χ0n) is 9.50. The number of rotatable bonds is 4. The van der Waals surface area contributed by atoms with Gasteiger partial charge < -0.3 is 5.32 Å². The highest BCUT2D eigenvalue weighted by molar-refractivity contribution is 5.17. The van der Waals surface area contributed by atoms with Crippen LogP contribution in [0, 0.1) is 23.7 Å². The van der Waals surface area contributed by atoms with Gasteiger partial charge in [0.05, 0.1) is 0 Å². The lowest BCUT2D eigenvalue weighted by molar-refractivity contribution is 0.403. The molecule has 80 valence electrons. The maximum absolute atomic E-state index is 3.89. The van der Waals surface area contributed by atoms with Gasteiger partial charge in [-0.15, -0.1) is 0 Å². The molecule has 3 fully saturated rings. The second-order valence-corrected chi connectivity index (χ2v) is 5.69. The van der Waals surface area contributed by atoms with Crippen molar-refractivity contribution in [2.24, 2.45) is 23.7 Å². The van der Waals surface area contributed by atoms with E-state index in [1.807, 2.05) is 0 Å². The third-order valence-electron chi connectivity index (χ3n) is 5.15. The minimum Gasteiger partial charge on any atom is -0.311 e. The summed E-state index contributed by atoms with van der Waals surface area (Å²) >= 11 is 0. The van der Waals surface area contributed by atoms with Gasteiger partial charge in [-0.1, -0.05) is 13.8 Å². The molecule has 2 bridgehead atoms. The molecule has 0 aliphatic heterocycles. The molecule has 3 aliphatic rings. The van der Waals surface area contributed by atoms with Crippen LogP contribution in [0.5, 0.6) is 0 Å². The third kappa shape index (κ3) is 1.18. The molecule has 4 unspecified atom stereocenters. The summed E-state index contributed by atoms with van der Waals surface area (Å²) in [5.41, 5.74) is 0. The quantitative estimate of drug-likeness (QED) is 0.724. The molecule has 4 atom stereocenters. The molecule has 3 saturated carbocycles. The molecule has 0 saturated heterocycles. The molecule has 1 heteroatoms. The van der Waals surface area contributed by atoms with E-state index in [0.29, 0.717) is 0 Å². The molecule has 0 aromatic rings. The van der Waals surface area contributed by atoms with Crippen molar-refractivity contribution in [1.29, 1.82) is 0 Å². The van der Waals surface area contributed by atoms with E-state index in [1.165, 1.54) is 12.8 Å². The van der Waals surface area contributed by atoms with Gasteiger partial charge in [0.2, 0.25) is 0 Å². The smallest absolute Gasteiger partial charge is 0.0138 e. The fourth-order valence-corrected chi connectivity index (χ4v) is 4.34. The predicted octanol–water partition coefficient (Wildman–Crippen LogP) is 2.81. The van der Waals surface area contributed by atoms with E-state index < -0.39 is 0 Å². The lowest BCUT2D eigenvalue weighted by Gasteiger charge is -2.17. The molecule has 3 aliphatic carbocycles. The summed E-state index contributed by atoms with van der Waals surface area (Å²) < 4.78 is 0. The average Bonchev–Trinajstić information content (AvgIpc) is 2.62. The van der Waals surface area contributed by atoms with Crippen molar-refractivity contribution in [1.82, 2.24) is 5.32 Å². The summed E-state index contributed by atoms with van der Waals surface area (Å²) in [5.74, 6) is 4.46. The number of hydrogen-bond donors (Lipinski definition) is 1. The molecule has 14 heavy (non-hydrogen) atoms. The topological polar surface area (TPSA) is 12.0 Å². The maximum atomic E-state index is 3.89. The minimum absolute atomic E-state index is 0.796. The van der Waals surface area contributed by atoms with E-state index in [0.717, 1.165) is 35.8 Å². The van der Waals surface area contributed by atoms with Gasteiger partial charge >= 0.3 is 0 Å². The average molecular weight is 193 g/mol. The molecule has 0 amide bonds. The van der Waals surface area contributed by atoms with Crippen LogP contribution in [0.2, 0.25) is 0 Å². The first-order valence-corrected chi connectivity index (χ1v) is 6.61. The van der Waals surface area contributed by atoms with E-state index in [1.54, 1.807) is 19.3 Å². The van der Waals surface area contributed by atoms with E-state index in [4.69, 9.17) is 0 Å². The first-order valence-electron chi connectivity index (χ1n) is 6.61. The zero-order chi connectivity index (χ0) is 9.71. The van der Waals surface area contributed by atoms with Gasteiger partial charge in [-0.25, -0.2) is 0 Å². The molecule has 3 rings (SSSR count). The molecular formula is C13H23N. The second kappa shape index (κ2) is 3.23. The summed E-state index contributed by atoms with van der Waals surface area (Å²) in [5, 5.41) is 3.89. The predicted molar refractivity (Wildman–Crippen MR) is 59.1 cm³/mol. The summed E-state index contributed by atoms with van der Waals surface area (Å²) in [6.45, 7) is 4.63. The van der Waals surface area contributed by atoms with Crippen molar-refractivity contribution < 1.29 is 0 Å². The highest BCUT2D eigenvalue weighted by Crippen LogP contribution is 2.65. The Morgan fingerprint density at radius 2 is 1.64 bits per heavy atom. The summed E-state index contributed by atoms with van der Waals surface area (Å²) in [4.78, 5) is 0. The van der Waals surface area contributed by atoms with Crippen LogP contribution in [0.4, 0.5) is 0 Å². The van der Waals surface area contributed by atoms with Crippen molar-refractivity contribution in [3.05, 3.63) is 0 Å². The molecular weight excluding hydrogens is 170 g/mol. The van der Waals surface area contributed by atoms with E-state index >= 15 is 0 Å². The Morgan fingerprint density at radius 3 is 2.14 bits per heavy atom. The van der Waals surface area contributed by atoms with Gasteiger partial charge in [-0.05, 0) is 55.8 Å². The van der Waals surface area contributed by atoms with Crippen molar-refractivity contribution in [2.45, 2.75) is 58.0 Å². The Labute approximate surface area is 87.7 Å². The highest BCUT2D eigenvalue weighted by atomic mass is 15.0. The van der Waals surface area contributed by atoms with E-state index in [2.05, 4.69) is 19.2 Å². The minimum atomic E-state index is 0.796. The largest absolute Gasteiger partial charge is 0.311 e. The van der Waals surface area contributed by atoms with Crippen molar-refractivity contribution in [3.63, 3.8) is 0 Å². The fourth-order valence-electron chi connectivity index (χ4n) is 4.34. The molecule has 1 N–H and O–H groups in total. The van der Waals surface area contributed by atoms with E-state index in [-0.39, 0.29) is 0 Å². The normalized spacial score (nSPS) is 48.6. The van der Waals surface area contributed by atoms with Crippen molar-refractivity contribution in [2.75, 3.05) is 0 Å². The molecule has 0 spiro atoms. The van der Waals surface area contributed by atoms with Gasteiger partial charge in [-0.3, -0.25) is 0 Å². The Hall–Kier alpha value is -0.0400. The van der Waals surface area contributed by atoms with Crippen LogP contribution in [0.15, 0.2) is 0 Å². The number of nitrogens with one attached hydrogen (secondary N) is 1. The Morgan fingerprint density at radius 1 is 1.07 bits per heavy atom. The Bertz CT molecular complexity index is 205. The standard InChI is InChI=1S/C13H23N/c1-3-10(4-2)14-13-11-8-5-6-9(7-8)12(11)13/h8-14H,3-7H2,1-2H3. The van der Waals surface area contributed by atoms with Crippen LogP contribution in [0.3, 0.4) is 0 Å². The summed E-state index contributed by atoms with van der Waals surface area (Å²) in [6, 6.07) is 1.73. The molecule has 0 heterocycles. The summed E-state index contributed by atoms with van der Waals surface area (Å²) in [7, 11) is 0. The van der Waals surface area contributed by atoms with Crippen LogP contribution in [0.1, 0.15) is 46.0 Å². The van der Waals surface area contributed by atoms with Crippen LogP contribution in [0.25, 0.3) is 0 Å². The fraction of sp³-hybridized carbons (Fsp3) is 1.00. The lowest BCUT2D eigenvalue weighted by Crippen LogP contribution is -2.33. The maximum Gasteiger partial charge on any atom is 0.0138 e. The Balaban J connectivity index is 1.58. The number of hydrogen-bond acceptors (Lipinski definition) is 1. The second-order valence-electron chi connectivity index (χ2n) is 5.69. The molecule has 0 radical (unpaired) electrons. The Kier molecular flexibility index (Phi) is 2.12. The SMILES string of the molecule is CCC(CC)NC1C2C3CCC(C3)C12. The van der Waals surface area contributed by atoms with Crippen molar-refractivity contribution in [3.8, 4) is 0 Å². The van der Waals surface area contributed by atoms with Gasteiger partial charge in [-0.2, -0.15) is 0 Å². The van der Waals surface area contributed by atoms with Crippen molar-refractivity contribution >= 4 is 0 Å². The number of fused-ring (bicyclic) bond motifs is 5. The van der Waals surface area contributed by atoms with Crippen LogP contribution >= 0.6 is 0 Å². The molecule has 0 aromatic carbocycles. The highest BCUT2D eigenvalue weighted by Gasteiger charge is 2.64. The van der Waals surface area contributed by atoms with Crippen LogP contribution < -0.4 is 5.32 Å². The molecule has 1 nitrogen and oxygen atoms in total. The monoisotopic (exact) mass is 193 g/mol. The lowest BCUT2D eigenvalue weighted by atomic mass is 10.0. The van der Waals surface area contributed by atoms with Gasteiger partial charge in [0.25, 0.3) is 0 Å². The van der Waals surface area contributed by atoms with E-state index in [9.17, 15) is 0 Å². The van der Waals surface area contributed by atoms with Gasteiger partial charge in [0, 0.05) is 12.1 Å². The molecule has 0 aromatic heterocycles.